The third-order valence-corrected chi connectivity index (χ3v) is 4.64. The molecule has 0 aromatic heterocycles. The van der Waals surface area contributed by atoms with Crippen LogP contribution >= 0.6 is 0 Å². The van der Waals surface area contributed by atoms with Crippen LogP contribution in [0.15, 0.2) is 18.2 Å². The standard InChI is InChI=1S/C17H24N2O/c1-13-3-6-17-15(11-13)4-5-16-12-18(8-7-14(2)20)9-10-19(16)17/h3,6,11,16H,4-5,7-10,12H2,1-2H3. The van der Waals surface area contributed by atoms with Gasteiger partial charge >= 0.3 is 0 Å². The van der Waals surface area contributed by atoms with E-state index in [1.54, 1.807) is 6.92 Å². The second-order valence-corrected chi connectivity index (χ2v) is 6.27. The molecular weight excluding hydrogens is 248 g/mol. The summed E-state index contributed by atoms with van der Waals surface area (Å²) in [5.74, 6) is 0.303. The first kappa shape index (κ1) is 13.6. The fourth-order valence-corrected chi connectivity index (χ4v) is 3.52. The zero-order valence-corrected chi connectivity index (χ0v) is 12.6. The monoisotopic (exact) mass is 272 g/mol. The number of piperazine rings is 1. The van der Waals surface area contributed by atoms with Crippen LogP contribution in [-0.2, 0) is 11.2 Å². The molecule has 1 aromatic rings. The Bertz CT molecular complexity index is 512. The number of fused-ring (bicyclic) bond motifs is 3. The van der Waals surface area contributed by atoms with Crippen LogP contribution < -0.4 is 4.90 Å². The van der Waals surface area contributed by atoms with Crippen LogP contribution in [-0.4, -0.2) is 42.9 Å². The van der Waals surface area contributed by atoms with Crippen molar-refractivity contribution in [3.05, 3.63) is 29.3 Å². The summed E-state index contributed by atoms with van der Waals surface area (Å²) in [5, 5.41) is 0. The fourth-order valence-electron chi connectivity index (χ4n) is 3.52. The van der Waals surface area contributed by atoms with Crippen molar-refractivity contribution in [2.75, 3.05) is 31.1 Å². The van der Waals surface area contributed by atoms with Gasteiger partial charge in [-0.05, 0) is 38.3 Å². The molecule has 0 spiro atoms. The largest absolute Gasteiger partial charge is 0.366 e. The molecule has 2 heterocycles. The molecule has 1 atom stereocenters. The van der Waals surface area contributed by atoms with Crippen LogP contribution in [0.4, 0.5) is 5.69 Å². The SMILES string of the molecule is CC(=O)CCN1CCN2c3ccc(C)cc3CCC2C1. The van der Waals surface area contributed by atoms with Gasteiger partial charge in [0, 0.05) is 44.3 Å². The van der Waals surface area contributed by atoms with Crippen LogP contribution in [0.5, 0.6) is 0 Å². The normalized spacial score (nSPS) is 22.3. The third kappa shape index (κ3) is 2.73. The zero-order chi connectivity index (χ0) is 14.1. The number of hydrogen-bond acceptors (Lipinski definition) is 3. The summed E-state index contributed by atoms with van der Waals surface area (Å²) >= 11 is 0. The topological polar surface area (TPSA) is 23.6 Å². The molecule has 108 valence electrons. The average Bonchev–Trinajstić information content (AvgIpc) is 2.44. The predicted molar refractivity (Wildman–Crippen MR) is 82.4 cm³/mol. The molecular formula is C17H24N2O. The molecule has 0 N–H and O–H groups in total. The second-order valence-electron chi connectivity index (χ2n) is 6.27. The van der Waals surface area contributed by atoms with Gasteiger partial charge < -0.3 is 4.90 Å². The number of anilines is 1. The van der Waals surface area contributed by atoms with Crippen molar-refractivity contribution in [3.8, 4) is 0 Å². The van der Waals surface area contributed by atoms with Crippen molar-refractivity contribution in [1.82, 2.24) is 4.90 Å². The Labute approximate surface area is 121 Å². The Morgan fingerprint density at radius 1 is 1.35 bits per heavy atom. The smallest absolute Gasteiger partial charge is 0.131 e. The first-order valence-electron chi connectivity index (χ1n) is 7.71. The quantitative estimate of drug-likeness (QED) is 0.844. The van der Waals surface area contributed by atoms with E-state index in [1.165, 1.54) is 29.7 Å². The molecule has 1 saturated heterocycles. The molecule has 0 aliphatic carbocycles. The van der Waals surface area contributed by atoms with Gasteiger partial charge in [0.1, 0.15) is 5.78 Å². The van der Waals surface area contributed by atoms with Gasteiger partial charge in [-0.25, -0.2) is 0 Å². The molecule has 2 aliphatic rings. The molecule has 0 saturated carbocycles. The van der Waals surface area contributed by atoms with Crippen molar-refractivity contribution in [3.63, 3.8) is 0 Å². The van der Waals surface area contributed by atoms with Crippen LogP contribution in [0, 0.1) is 6.92 Å². The summed E-state index contributed by atoms with van der Waals surface area (Å²) in [6, 6.07) is 7.49. The summed E-state index contributed by atoms with van der Waals surface area (Å²) in [7, 11) is 0. The van der Waals surface area contributed by atoms with E-state index in [0.29, 0.717) is 18.2 Å². The van der Waals surface area contributed by atoms with E-state index >= 15 is 0 Å². The summed E-state index contributed by atoms with van der Waals surface area (Å²) in [6.07, 6.45) is 3.13. The predicted octanol–water partition coefficient (Wildman–Crippen LogP) is 2.41. The zero-order valence-electron chi connectivity index (χ0n) is 12.6. The minimum absolute atomic E-state index is 0.303. The third-order valence-electron chi connectivity index (χ3n) is 4.64. The molecule has 2 aliphatic heterocycles. The molecule has 0 amide bonds. The lowest BCUT2D eigenvalue weighted by Crippen LogP contribution is -2.55. The first-order valence-corrected chi connectivity index (χ1v) is 7.71. The molecule has 3 rings (SSSR count). The Balaban J connectivity index is 1.69. The maximum absolute atomic E-state index is 11.1. The lowest BCUT2D eigenvalue weighted by Gasteiger charge is -2.46. The van der Waals surface area contributed by atoms with Crippen molar-refractivity contribution in [1.29, 1.82) is 0 Å². The summed E-state index contributed by atoms with van der Waals surface area (Å²) in [4.78, 5) is 16.2. The molecule has 0 radical (unpaired) electrons. The highest BCUT2D eigenvalue weighted by molar-refractivity contribution is 5.75. The van der Waals surface area contributed by atoms with Crippen molar-refractivity contribution >= 4 is 11.5 Å². The van der Waals surface area contributed by atoms with Gasteiger partial charge in [0.2, 0.25) is 0 Å². The van der Waals surface area contributed by atoms with Gasteiger partial charge in [-0.15, -0.1) is 0 Å². The summed E-state index contributed by atoms with van der Waals surface area (Å²) in [5.41, 5.74) is 4.32. The Morgan fingerprint density at radius 2 is 2.20 bits per heavy atom. The minimum atomic E-state index is 0.303. The van der Waals surface area contributed by atoms with E-state index in [1.807, 2.05) is 0 Å². The van der Waals surface area contributed by atoms with E-state index in [9.17, 15) is 4.79 Å². The highest BCUT2D eigenvalue weighted by atomic mass is 16.1. The van der Waals surface area contributed by atoms with Gasteiger partial charge in [0.05, 0.1) is 0 Å². The van der Waals surface area contributed by atoms with Crippen molar-refractivity contribution in [2.45, 2.75) is 39.2 Å². The molecule has 1 fully saturated rings. The molecule has 3 nitrogen and oxygen atoms in total. The number of hydrogen-bond donors (Lipinski definition) is 0. The number of ketones is 1. The van der Waals surface area contributed by atoms with Crippen LogP contribution in [0.2, 0.25) is 0 Å². The number of Topliss-reactive ketones (excluding diaryl/α,β-unsaturated/α-hetero) is 1. The maximum atomic E-state index is 11.1. The maximum Gasteiger partial charge on any atom is 0.131 e. The molecule has 20 heavy (non-hydrogen) atoms. The average molecular weight is 272 g/mol. The highest BCUT2D eigenvalue weighted by Gasteiger charge is 2.31. The highest BCUT2D eigenvalue weighted by Crippen LogP contribution is 2.33. The molecule has 1 unspecified atom stereocenters. The van der Waals surface area contributed by atoms with Crippen LogP contribution in [0.1, 0.15) is 30.9 Å². The summed E-state index contributed by atoms with van der Waals surface area (Å²) < 4.78 is 0. The van der Waals surface area contributed by atoms with E-state index in [0.717, 1.165) is 26.2 Å². The van der Waals surface area contributed by atoms with E-state index in [4.69, 9.17) is 0 Å². The Kier molecular flexibility index (Phi) is 3.79. The molecule has 3 heteroatoms. The number of nitrogens with zero attached hydrogens (tertiary/aromatic N) is 2. The number of carbonyl (C=O) groups is 1. The molecule has 0 bridgehead atoms. The molecule has 1 aromatic carbocycles. The first-order chi connectivity index (χ1) is 9.63. The number of benzene rings is 1. The van der Waals surface area contributed by atoms with E-state index < -0.39 is 0 Å². The van der Waals surface area contributed by atoms with Gasteiger partial charge in [0.25, 0.3) is 0 Å². The van der Waals surface area contributed by atoms with Gasteiger partial charge in [-0.3, -0.25) is 9.69 Å². The lowest BCUT2D eigenvalue weighted by atomic mass is 9.92. The number of rotatable bonds is 3. The van der Waals surface area contributed by atoms with Gasteiger partial charge in [-0.2, -0.15) is 0 Å². The minimum Gasteiger partial charge on any atom is -0.366 e. The van der Waals surface area contributed by atoms with Crippen LogP contribution in [0.25, 0.3) is 0 Å². The van der Waals surface area contributed by atoms with E-state index in [-0.39, 0.29) is 0 Å². The van der Waals surface area contributed by atoms with Crippen LogP contribution in [0.3, 0.4) is 0 Å². The van der Waals surface area contributed by atoms with Crippen molar-refractivity contribution in [2.24, 2.45) is 0 Å². The van der Waals surface area contributed by atoms with E-state index in [2.05, 4.69) is 34.9 Å². The van der Waals surface area contributed by atoms with Crippen molar-refractivity contribution < 1.29 is 4.79 Å². The lowest BCUT2D eigenvalue weighted by molar-refractivity contribution is -0.117. The Morgan fingerprint density at radius 3 is 3.00 bits per heavy atom. The number of carbonyl (C=O) groups excluding carboxylic acids is 1. The fraction of sp³-hybridized carbons (Fsp3) is 0.588. The number of aryl methyl sites for hydroxylation is 2. The van der Waals surface area contributed by atoms with Gasteiger partial charge in [0.15, 0.2) is 0 Å². The second kappa shape index (κ2) is 5.57. The Hall–Kier alpha value is -1.35. The van der Waals surface area contributed by atoms with Gasteiger partial charge in [-0.1, -0.05) is 17.7 Å². The summed E-state index contributed by atoms with van der Waals surface area (Å²) in [6.45, 7) is 8.08.